The lowest BCUT2D eigenvalue weighted by atomic mass is 10.1. The molecule has 1 aromatic heterocycles. The molecule has 6 nitrogen and oxygen atoms in total. The average molecular weight is 360 g/mol. The van der Waals surface area contributed by atoms with Gasteiger partial charge in [-0.15, -0.1) is 10.2 Å². The maximum absolute atomic E-state index is 12.7. The van der Waals surface area contributed by atoms with Crippen molar-refractivity contribution in [2.24, 2.45) is 0 Å². The van der Waals surface area contributed by atoms with Crippen molar-refractivity contribution in [3.63, 3.8) is 0 Å². The summed E-state index contributed by atoms with van der Waals surface area (Å²) in [5.74, 6) is 0.897. The number of anilines is 2. The van der Waals surface area contributed by atoms with Crippen LogP contribution in [0.3, 0.4) is 0 Å². The summed E-state index contributed by atoms with van der Waals surface area (Å²) >= 11 is 0. The van der Waals surface area contributed by atoms with Crippen molar-refractivity contribution in [2.45, 2.75) is 57.4 Å². The highest BCUT2D eigenvalue weighted by molar-refractivity contribution is 7.92. The highest BCUT2D eigenvalue weighted by Gasteiger charge is 2.21. The monoisotopic (exact) mass is 360 g/mol. The van der Waals surface area contributed by atoms with Crippen LogP contribution in [0.1, 0.15) is 42.4 Å². The molecule has 1 aliphatic carbocycles. The molecule has 0 unspecified atom stereocenters. The van der Waals surface area contributed by atoms with Gasteiger partial charge in [-0.2, -0.15) is 0 Å². The van der Waals surface area contributed by atoms with Gasteiger partial charge in [-0.05, 0) is 56.9 Å². The van der Waals surface area contributed by atoms with Gasteiger partial charge in [0.2, 0.25) is 0 Å². The van der Waals surface area contributed by atoms with E-state index in [1.54, 1.807) is 26.0 Å². The van der Waals surface area contributed by atoms with E-state index in [0.29, 0.717) is 16.8 Å². The van der Waals surface area contributed by atoms with E-state index in [-0.39, 0.29) is 5.82 Å². The standard InChI is InChI=1S/C18H24N4O2S/c1-12-10-13(2)18(14(3)11-12)25(23,24)22-17-9-8-16(20-21-17)19-15-6-4-5-7-15/h8-11,15H,4-7H2,1-3H3,(H,19,20)(H,21,22). The van der Waals surface area contributed by atoms with Crippen LogP contribution in [0.25, 0.3) is 0 Å². The van der Waals surface area contributed by atoms with E-state index in [0.717, 1.165) is 29.5 Å². The Hall–Kier alpha value is -2.15. The lowest BCUT2D eigenvalue weighted by Crippen LogP contribution is -2.18. The third kappa shape index (κ3) is 4.10. The molecule has 0 radical (unpaired) electrons. The maximum atomic E-state index is 12.7. The number of hydrogen-bond acceptors (Lipinski definition) is 5. The van der Waals surface area contributed by atoms with Crippen LogP contribution in [0.4, 0.5) is 11.6 Å². The van der Waals surface area contributed by atoms with Gasteiger partial charge in [0, 0.05) is 6.04 Å². The number of hydrogen-bond donors (Lipinski definition) is 2. The predicted octanol–water partition coefficient (Wildman–Crippen LogP) is 3.56. The van der Waals surface area contributed by atoms with Gasteiger partial charge in [0.1, 0.15) is 5.82 Å². The Morgan fingerprint density at radius 3 is 2.08 bits per heavy atom. The van der Waals surface area contributed by atoms with Crippen molar-refractivity contribution in [1.82, 2.24) is 10.2 Å². The average Bonchev–Trinajstić information content (AvgIpc) is 3.00. The molecule has 0 bridgehead atoms. The molecule has 0 saturated heterocycles. The lowest BCUT2D eigenvalue weighted by Gasteiger charge is -2.14. The molecule has 0 spiro atoms. The number of aryl methyl sites for hydroxylation is 3. The largest absolute Gasteiger partial charge is 0.366 e. The first-order valence-electron chi connectivity index (χ1n) is 8.56. The normalized spacial score (nSPS) is 15.3. The molecule has 134 valence electrons. The first-order valence-corrected chi connectivity index (χ1v) is 10.0. The van der Waals surface area contributed by atoms with Crippen LogP contribution in [0.2, 0.25) is 0 Å². The second kappa shape index (κ2) is 7.00. The van der Waals surface area contributed by atoms with E-state index in [2.05, 4.69) is 20.2 Å². The van der Waals surface area contributed by atoms with Crippen LogP contribution >= 0.6 is 0 Å². The predicted molar refractivity (Wildman–Crippen MR) is 99.4 cm³/mol. The lowest BCUT2D eigenvalue weighted by molar-refractivity contribution is 0.599. The van der Waals surface area contributed by atoms with Gasteiger partial charge in [-0.3, -0.25) is 4.72 Å². The molecule has 1 aromatic carbocycles. The van der Waals surface area contributed by atoms with E-state index in [9.17, 15) is 8.42 Å². The molecule has 1 fully saturated rings. The van der Waals surface area contributed by atoms with Crippen molar-refractivity contribution in [1.29, 1.82) is 0 Å². The first kappa shape index (κ1) is 17.7. The van der Waals surface area contributed by atoms with Crippen molar-refractivity contribution in [3.8, 4) is 0 Å². The van der Waals surface area contributed by atoms with Gasteiger partial charge < -0.3 is 5.32 Å². The summed E-state index contributed by atoms with van der Waals surface area (Å²) < 4.78 is 28.0. The van der Waals surface area contributed by atoms with Gasteiger partial charge in [0.25, 0.3) is 10.0 Å². The van der Waals surface area contributed by atoms with E-state index >= 15 is 0 Å². The van der Waals surface area contributed by atoms with Crippen molar-refractivity contribution in [2.75, 3.05) is 10.0 Å². The molecule has 2 N–H and O–H groups in total. The Kier molecular flexibility index (Phi) is 4.94. The van der Waals surface area contributed by atoms with Crippen LogP contribution in [0.15, 0.2) is 29.2 Å². The van der Waals surface area contributed by atoms with Crippen molar-refractivity contribution < 1.29 is 8.42 Å². The summed E-state index contributed by atoms with van der Waals surface area (Å²) in [6.45, 7) is 5.55. The highest BCUT2D eigenvalue weighted by Crippen LogP contribution is 2.24. The van der Waals surface area contributed by atoms with Gasteiger partial charge in [0.05, 0.1) is 4.90 Å². The van der Waals surface area contributed by atoms with Crippen LogP contribution in [-0.4, -0.2) is 24.7 Å². The minimum absolute atomic E-state index is 0.219. The number of benzene rings is 1. The fourth-order valence-corrected chi connectivity index (χ4v) is 4.97. The number of aromatic nitrogens is 2. The molecule has 1 aliphatic rings. The number of nitrogens with zero attached hydrogens (tertiary/aromatic N) is 2. The zero-order valence-corrected chi connectivity index (χ0v) is 15.7. The Balaban J connectivity index is 1.77. The maximum Gasteiger partial charge on any atom is 0.263 e. The molecule has 3 rings (SSSR count). The SMILES string of the molecule is Cc1cc(C)c(S(=O)(=O)Nc2ccc(NC3CCCC3)nn2)c(C)c1. The quantitative estimate of drug-likeness (QED) is 0.852. The minimum Gasteiger partial charge on any atom is -0.366 e. The molecule has 25 heavy (non-hydrogen) atoms. The van der Waals surface area contributed by atoms with Crippen molar-refractivity contribution >= 4 is 21.7 Å². The second-order valence-corrected chi connectivity index (χ2v) is 8.38. The van der Waals surface area contributed by atoms with Crippen LogP contribution in [0.5, 0.6) is 0 Å². The van der Waals surface area contributed by atoms with Gasteiger partial charge in [-0.1, -0.05) is 30.5 Å². The summed E-state index contributed by atoms with van der Waals surface area (Å²) in [5, 5.41) is 11.4. The van der Waals surface area contributed by atoms with Crippen LogP contribution < -0.4 is 10.0 Å². The fourth-order valence-electron chi connectivity index (χ4n) is 3.52. The van der Waals surface area contributed by atoms with Crippen LogP contribution in [-0.2, 0) is 10.0 Å². The van der Waals surface area contributed by atoms with E-state index < -0.39 is 10.0 Å². The summed E-state index contributed by atoms with van der Waals surface area (Å²) in [7, 11) is -3.70. The van der Waals surface area contributed by atoms with Gasteiger partial charge in [0.15, 0.2) is 5.82 Å². The second-order valence-electron chi connectivity index (χ2n) is 6.76. The number of rotatable bonds is 5. The topological polar surface area (TPSA) is 84.0 Å². The molecule has 0 amide bonds. The van der Waals surface area contributed by atoms with Gasteiger partial charge >= 0.3 is 0 Å². The zero-order valence-electron chi connectivity index (χ0n) is 14.8. The molecular weight excluding hydrogens is 336 g/mol. The molecule has 7 heteroatoms. The third-order valence-electron chi connectivity index (χ3n) is 4.48. The van der Waals surface area contributed by atoms with E-state index in [1.807, 2.05) is 19.1 Å². The third-order valence-corrected chi connectivity index (χ3v) is 6.14. The smallest absolute Gasteiger partial charge is 0.263 e. The summed E-state index contributed by atoms with van der Waals surface area (Å²) in [5.41, 5.74) is 2.48. The Bertz CT molecular complexity index is 834. The summed E-state index contributed by atoms with van der Waals surface area (Å²) in [6.07, 6.45) is 4.75. The molecule has 2 aromatic rings. The molecule has 0 atom stereocenters. The number of sulfonamides is 1. The molecular formula is C18H24N4O2S. The van der Waals surface area contributed by atoms with Crippen LogP contribution in [0, 0.1) is 20.8 Å². The Labute approximate surface area is 149 Å². The van der Waals surface area contributed by atoms with E-state index in [4.69, 9.17) is 0 Å². The highest BCUT2D eigenvalue weighted by atomic mass is 32.2. The van der Waals surface area contributed by atoms with E-state index in [1.165, 1.54) is 12.8 Å². The minimum atomic E-state index is -3.70. The molecule has 1 heterocycles. The van der Waals surface area contributed by atoms with Gasteiger partial charge in [-0.25, -0.2) is 8.42 Å². The fraction of sp³-hybridized carbons (Fsp3) is 0.444. The molecule has 1 saturated carbocycles. The zero-order chi connectivity index (χ0) is 18.0. The Morgan fingerprint density at radius 1 is 0.960 bits per heavy atom. The molecule has 0 aliphatic heterocycles. The summed E-state index contributed by atoms with van der Waals surface area (Å²) in [4.78, 5) is 0.299. The van der Waals surface area contributed by atoms with Crippen molar-refractivity contribution in [3.05, 3.63) is 41.0 Å². The Morgan fingerprint density at radius 2 is 1.52 bits per heavy atom. The number of nitrogens with one attached hydrogen (secondary N) is 2. The first-order chi connectivity index (χ1) is 11.8. The summed E-state index contributed by atoms with van der Waals surface area (Å²) in [6, 6.07) is 7.57.